The van der Waals surface area contributed by atoms with Gasteiger partial charge in [0.2, 0.25) is 0 Å². The summed E-state index contributed by atoms with van der Waals surface area (Å²) in [5, 5.41) is 10.2. The summed E-state index contributed by atoms with van der Waals surface area (Å²) >= 11 is 11.9. The first-order chi connectivity index (χ1) is 12.5. The SMILES string of the molecule is CCOC(CC1=C[C@H](OCCOc2ccc(Cl)cc2Cl)CC=C1)C(=O)O. The van der Waals surface area contributed by atoms with Crippen LogP contribution < -0.4 is 4.74 Å². The van der Waals surface area contributed by atoms with Gasteiger partial charge in [-0.05, 0) is 37.1 Å². The monoisotopic (exact) mass is 400 g/mol. The third-order valence-electron chi connectivity index (χ3n) is 3.73. The molecule has 0 saturated heterocycles. The van der Waals surface area contributed by atoms with Crippen LogP contribution in [0.4, 0.5) is 0 Å². The highest BCUT2D eigenvalue weighted by molar-refractivity contribution is 6.35. The number of ether oxygens (including phenoxy) is 3. The van der Waals surface area contributed by atoms with E-state index < -0.39 is 12.1 Å². The molecule has 1 aromatic carbocycles. The van der Waals surface area contributed by atoms with Gasteiger partial charge >= 0.3 is 5.97 Å². The van der Waals surface area contributed by atoms with Crippen LogP contribution in [0.2, 0.25) is 10.0 Å². The van der Waals surface area contributed by atoms with E-state index >= 15 is 0 Å². The van der Waals surface area contributed by atoms with Crippen molar-refractivity contribution in [1.82, 2.24) is 0 Å². The van der Waals surface area contributed by atoms with Crippen molar-refractivity contribution in [3.63, 3.8) is 0 Å². The van der Waals surface area contributed by atoms with Crippen molar-refractivity contribution in [2.75, 3.05) is 19.8 Å². The van der Waals surface area contributed by atoms with Crippen LogP contribution in [0.1, 0.15) is 19.8 Å². The average molecular weight is 401 g/mol. The lowest BCUT2D eigenvalue weighted by Gasteiger charge is -2.20. The fourth-order valence-corrected chi connectivity index (χ4v) is 3.01. The number of carboxylic acid groups (broad SMARTS) is 1. The smallest absolute Gasteiger partial charge is 0.333 e. The first-order valence-electron chi connectivity index (χ1n) is 8.40. The minimum absolute atomic E-state index is 0.115. The molecular weight excluding hydrogens is 379 g/mol. The van der Waals surface area contributed by atoms with Crippen LogP contribution in [0.15, 0.2) is 42.0 Å². The quantitative estimate of drug-likeness (QED) is 0.584. The van der Waals surface area contributed by atoms with Crippen LogP contribution in [-0.4, -0.2) is 43.1 Å². The normalized spacial score (nSPS) is 17.7. The number of rotatable bonds is 10. The van der Waals surface area contributed by atoms with Crippen LogP contribution in [0.5, 0.6) is 5.75 Å². The summed E-state index contributed by atoms with van der Waals surface area (Å²) in [6.45, 7) is 2.87. The summed E-state index contributed by atoms with van der Waals surface area (Å²) in [5.41, 5.74) is 0.892. The van der Waals surface area contributed by atoms with Crippen LogP contribution in [0.25, 0.3) is 0 Å². The second-order valence-electron chi connectivity index (χ2n) is 5.70. The molecule has 2 atom stereocenters. The number of allylic oxidation sites excluding steroid dienone is 1. The standard InChI is InChI=1S/C19H22Cl2O5/c1-2-24-18(19(22)23)11-13-4-3-5-15(10-13)25-8-9-26-17-7-6-14(20)12-16(17)21/h3-4,6-7,10,12,15,18H,2,5,8-9,11H2,1H3,(H,22,23)/t15-,18?/m1/s1. The molecule has 0 spiro atoms. The third kappa shape index (κ3) is 6.65. The molecule has 26 heavy (non-hydrogen) atoms. The van der Waals surface area contributed by atoms with E-state index in [4.69, 9.17) is 37.4 Å². The largest absolute Gasteiger partial charge is 0.490 e. The lowest BCUT2D eigenvalue weighted by Crippen LogP contribution is -2.25. The number of carboxylic acids is 1. The van der Waals surface area contributed by atoms with E-state index in [1.54, 1.807) is 25.1 Å². The Kier molecular flexibility index (Phi) is 8.45. The molecular formula is C19H22Cl2O5. The van der Waals surface area contributed by atoms with Crippen molar-refractivity contribution < 1.29 is 24.1 Å². The summed E-state index contributed by atoms with van der Waals surface area (Å²) < 4.78 is 16.6. The van der Waals surface area contributed by atoms with Crippen LogP contribution in [0.3, 0.4) is 0 Å². The maximum Gasteiger partial charge on any atom is 0.333 e. The lowest BCUT2D eigenvalue weighted by molar-refractivity contribution is -0.149. The van der Waals surface area contributed by atoms with E-state index in [0.29, 0.717) is 42.0 Å². The topological polar surface area (TPSA) is 65.0 Å². The van der Waals surface area contributed by atoms with Crippen molar-refractivity contribution in [1.29, 1.82) is 0 Å². The minimum Gasteiger partial charge on any atom is -0.490 e. The van der Waals surface area contributed by atoms with Crippen molar-refractivity contribution in [2.45, 2.75) is 32.0 Å². The molecule has 0 heterocycles. The van der Waals surface area contributed by atoms with E-state index in [0.717, 1.165) is 12.0 Å². The molecule has 7 heteroatoms. The zero-order valence-electron chi connectivity index (χ0n) is 14.5. The molecule has 5 nitrogen and oxygen atoms in total. The maximum atomic E-state index is 11.2. The summed E-state index contributed by atoms with van der Waals surface area (Å²) in [6, 6.07) is 5.05. The van der Waals surface area contributed by atoms with Crippen molar-refractivity contribution in [3.05, 3.63) is 52.0 Å². The fraction of sp³-hybridized carbons (Fsp3) is 0.421. The van der Waals surface area contributed by atoms with Gasteiger partial charge < -0.3 is 19.3 Å². The molecule has 0 saturated carbocycles. The van der Waals surface area contributed by atoms with Gasteiger partial charge in [-0.25, -0.2) is 4.79 Å². The van der Waals surface area contributed by atoms with Crippen molar-refractivity contribution in [2.24, 2.45) is 0 Å². The van der Waals surface area contributed by atoms with E-state index in [1.165, 1.54) is 0 Å². The van der Waals surface area contributed by atoms with Gasteiger partial charge in [0.05, 0.1) is 17.7 Å². The molecule has 2 rings (SSSR count). The van der Waals surface area contributed by atoms with Gasteiger partial charge in [-0.3, -0.25) is 0 Å². The number of halogens is 2. The van der Waals surface area contributed by atoms with Crippen molar-refractivity contribution >= 4 is 29.2 Å². The number of benzene rings is 1. The second kappa shape index (κ2) is 10.6. The summed E-state index contributed by atoms with van der Waals surface area (Å²) in [7, 11) is 0. The predicted octanol–water partition coefficient (Wildman–Crippen LogP) is 4.52. The fourth-order valence-electron chi connectivity index (χ4n) is 2.54. The van der Waals surface area contributed by atoms with E-state index in [1.807, 2.05) is 18.2 Å². The van der Waals surface area contributed by atoms with Gasteiger partial charge in [-0.2, -0.15) is 0 Å². The van der Waals surface area contributed by atoms with E-state index in [9.17, 15) is 9.90 Å². The summed E-state index contributed by atoms with van der Waals surface area (Å²) in [5.74, 6) is -0.405. The highest BCUT2D eigenvalue weighted by Gasteiger charge is 2.20. The van der Waals surface area contributed by atoms with Gasteiger partial charge in [0.15, 0.2) is 6.10 Å². The first-order valence-corrected chi connectivity index (χ1v) is 9.16. The average Bonchev–Trinajstić information content (AvgIpc) is 2.60. The summed E-state index contributed by atoms with van der Waals surface area (Å²) in [4.78, 5) is 11.2. The van der Waals surface area contributed by atoms with Gasteiger partial charge in [0, 0.05) is 18.1 Å². The molecule has 1 aliphatic carbocycles. The summed E-state index contributed by atoms with van der Waals surface area (Å²) in [6.07, 6.45) is 5.92. The molecule has 0 fully saturated rings. The Hall–Kier alpha value is -1.53. The highest BCUT2D eigenvalue weighted by Crippen LogP contribution is 2.27. The molecule has 0 radical (unpaired) electrons. The maximum absolute atomic E-state index is 11.2. The van der Waals surface area contributed by atoms with Gasteiger partial charge in [0.1, 0.15) is 12.4 Å². The van der Waals surface area contributed by atoms with Crippen molar-refractivity contribution in [3.8, 4) is 5.75 Å². The molecule has 1 aromatic rings. The number of carbonyl (C=O) groups is 1. The van der Waals surface area contributed by atoms with Crippen LogP contribution in [0, 0.1) is 0 Å². The number of hydrogen-bond donors (Lipinski definition) is 1. The Morgan fingerprint density at radius 3 is 2.85 bits per heavy atom. The Balaban J connectivity index is 1.79. The zero-order valence-corrected chi connectivity index (χ0v) is 16.0. The highest BCUT2D eigenvalue weighted by atomic mass is 35.5. The number of aliphatic carboxylic acids is 1. The molecule has 1 unspecified atom stereocenters. The Bertz CT molecular complexity index is 672. The first kappa shape index (κ1) is 20.8. The van der Waals surface area contributed by atoms with Gasteiger partial charge in [0.25, 0.3) is 0 Å². The molecule has 142 valence electrons. The second-order valence-corrected chi connectivity index (χ2v) is 6.54. The third-order valence-corrected chi connectivity index (χ3v) is 4.26. The number of hydrogen-bond acceptors (Lipinski definition) is 4. The van der Waals surface area contributed by atoms with Crippen LogP contribution >= 0.6 is 23.2 Å². The Morgan fingerprint density at radius 2 is 2.15 bits per heavy atom. The van der Waals surface area contributed by atoms with E-state index in [-0.39, 0.29) is 6.10 Å². The predicted molar refractivity (Wildman–Crippen MR) is 101 cm³/mol. The molecule has 0 aliphatic heterocycles. The molecule has 0 aromatic heterocycles. The molecule has 1 aliphatic rings. The van der Waals surface area contributed by atoms with Gasteiger partial charge in [-0.15, -0.1) is 0 Å². The minimum atomic E-state index is -0.961. The molecule has 0 bridgehead atoms. The van der Waals surface area contributed by atoms with Crippen LogP contribution in [-0.2, 0) is 14.3 Å². The molecule has 0 amide bonds. The zero-order chi connectivity index (χ0) is 18.9. The Morgan fingerprint density at radius 1 is 1.35 bits per heavy atom. The lowest BCUT2D eigenvalue weighted by atomic mass is 9.99. The van der Waals surface area contributed by atoms with E-state index in [2.05, 4.69) is 0 Å². The van der Waals surface area contributed by atoms with Gasteiger partial charge in [-0.1, -0.05) is 41.4 Å². The Labute approximate surface area is 163 Å². The molecule has 1 N–H and O–H groups in total.